The van der Waals surface area contributed by atoms with Crippen molar-refractivity contribution < 1.29 is 4.39 Å². The van der Waals surface area contributed by atoms with Crippen LogP contribution in [-0.2, 0) is 6.54 Å². The second-order valence-corrected chi connectivity index (χ2v) is 3.21. The van der Waals surface area contributed by atoms with Gasteiger partial charge in [0, 0.05) is 12.1 Å². The average Bonchev–Trinajstić information content (AvgIpc) is 2.62. The molecule has 64 valence electrons. The van der Waals surface area contributed by atoms with Crippen LogP contribution in [0.5, 0.6) is 0 Å². The fourth-order valence-electron chi connectivity index (χ4n) is 1.80. The number of hydrogen-bond acceptors (Lipinski definition) is 1. The van der Waals surface area contributed by atoms with Gasteiger partial charge in [-0.3, -0.25) is 0 Å². The van der Waals surface area contributed by atoms with Crippen LogP contribution in [0, 0.1) is 5.82 Å². The molecule has 2 nitrogen and oxygen atoms in total. The minimum Gasteiger partial charge on any atom is -0.326 e. The predicted molar refractivity (Wildman–Crippen MR) is 46.7 cm³/mol. The molecule has 13 heavy (non-hydrogen) atoms. The summed E-state index contributed by atoms with van der Waals surface area (Å²) in [5.74, 6) is -0.169. The minimum absolute atomic E-state index is 0.169. The smallest absolute Gasteiger partial charge is 0.123 e. The second kappa shape index (κ2) is 2.19. The van der Waals surface area contributed by atoms with Crippen molar-refractivity contribution in [2.24, 2.45) is 0 Å². The molecule has 0 amide bonds. The first-order chi connectivity index (χ1) is 6.34. The minimum atomic E-state index is -0.169. The Hall–Kier alpha value is -1.64. The van der Waals surface area contributed by atoms with Crippen LogP contribution in [0.3, 0.4) is 0 Å². The first-order valence-corrected chi connectivity index (χ1v) is 4.13. The molecule has 0 saturated carbocycles. The van der Waals surface area contributed by atoms with E-state index < -0.39 is 0 Å². The highest BCUT2D eigenvalue weighted by Crippen LogP contribution is 2.31. The van der Waals surface area contributed by atoms with Crippen LogP contribution in [-0.4, -0.2) is 9.55 Å². The van der Waals surface area contributed by atoms with E-state index in [0.717, 1.165) is 23.4 Å². The number of aromatic nitrogens is 2. The third-order valence-corrected chi connectivity index (χ3v) is 2.40. The van der Waals surface area contributed by atoms with E-state index in [-0.39, 0.29) is 5.82 Å². The summed E-state index contributed by atoms with van der Waals surface area (Å²) in [5.41, 5.74) is 3.21. The molecule has 0 N–H and O–H groups in total. The summed E-state index contributed by atoms with van der Waals surface area (Å²) >= 11 is 0. The number of imidazole rings is 1. The molecule has 0 unspecified atom stereocenters. The molecule has 3 rings (SSSR count). The zero-order chi connectivity index (χ0) is 8.84. The van der Waals surface area contributed by atoms with Gasteiger partial charge in [-0.25, -0.2) is 9.37 Å². The lowest BCUT2D eigenvalue weighted by molar-refractivity contribution is 0.625. The first kappa shape index (κ1) is 6.83. The van der Waals surface area contributed by atoms with E-state index >= 15 is 0 Å². The summed E-state index contributed by atoms with van der Waals surface area (Å²) in [6.45, 7) is 0.739. The topological polar surface area (TPSA) is 17.8 Å². The maximum absolute atomic E-state index is 12.9. The quantitative estimate of drug-likeness (QED) is 0.510. The Morgan fingerprint density at radius 2 is 2.31 bits per heavy atom. The molecule has 0 fully saturated rings. The highest BCUT2D eigenvalue weighted by molar-refractivity contribution is 5.67. The highest BCUT2D eigenvalue weighted by Gasteiger charge is 2.17. The molecule has 0 atom stereocenters. The van der Waals surface area contributed by atoms with Gasteiger partial charge in [0.25, 0.3) is 0 Å². The summed E-state index contributed by atoms with van der Waals surface area (Å²) in [7, 11) is 0. The van der Waals surface area contributed by atoms with Crippen molar-refractivity contribution in [3.8, 4) is 11.3 Å². The fraction of sp³-hybridized carbons (Fsp3) is 0.100. The van der Waals surface area contributed by atoms with E-state index in [4.69, 9.17) is 0 Å². The van der Waals surface area contributed by atoms with Crippen LogP contribution in [0.25, 0.3) is 11.3 Å². The molecule has 0 radical (unpaired) electrons. The normalized spacial score (nSPS) is 12.7. The van der Waals surface area contributed by atoms with E-state index in [1.807, 2.05) is 16.8 Å². The molecule has 0 aliphatic carbocycles. The van der Waals surface area contributed by atoms with Crippen LogP contribution in [0.4, 0.5) is 4.39 Å². The largest absolute Gasteiger partial charge is 0.326 e. The highest BCUT2D eigenvalue weighted by atomic mass is 19.1. The SMILES string of the molecule is Fc1ccc2c(c1)Cn1cncc1-2. The molecule has 1 aromatic heterocycles. The van der Waals surface area contributed by atoms with E-state index in [9.17, 15) is 4.39 Å². The van der Waals surface area contributed by atoms with Crippen molar-refractivity contribution >= 4 is 0 Å². The van der Waals surface area contributed by atoms with Crippen LogP contribution in [0.2, 0.25) is 0 Å². The Labute approximate surface area is 74.7 Å². The van der Waals surface area contributed by atoms with Crippen molar-refractivity contribution in [3.63, 3.8) is 0 Å². The average molecular weight is 174 g/mol. The van der Waals surface area contributed by atoms with E-state index in [1.54, 1.807) is 12.4 Å². The van der Waals surface area contributed by atoms with Gasteiger partial charge >= 0.3 is 0 Å². The Kier molecular flexibility index (Phi) is 1.15. The number of fused-ring (bicyclic) bond motifs is 3. The third-order valence-electron chi connectivity index (χ3n) is 2.40. The molecule has 1 aliphatic heterocycles. The fourth-order valence-corrected chi connectivity index (χ4v) is 1.80. The molecule has 2 aromatic rings. The van der Waals surface area contributed by atoms with Gasteiger partial charge in [0.1, 0.15) is 5.82 Å². The van der Waals surface area contributed by atoms with Gasteiger partial charge in [0.05, 0.1) is 18.2 Å². The summed E-state index contributed by atoms with van der Waals surface area (Å²) in [5, 5.41) is 0. The van der Waals surface area contributed by atoms with Crippen molar-refractivity contribution in [1.29, 1.82) is 0 Å². The molecular weight excluding hydrogens is 167 g/mol. The summed E-state index contributed by atoms with van der Waals surface area (Å²) in [6, 6.07) is 4.88. The van der Waals surface area contributed by atoms with Crippen LogP contribution >= 0.6 is 0 Å². The molecule has 0 saturated heterocycles. The molecule has 1 aliphatic rings. The number of halogens is 1. The lowest BCUT2D eigenvalue weighted by atomic mass is 10.1. The van der Waals surface area contributed by atoms with Gasteiger partial charge in [-0.05, 0) is 23.8 Å². The number of benzene rings is 1. The summed E-state index contributed by atoms with van der Waals surface area (Å²) in [6.07, 6.45) is 3.58. The van der Waals surface area contributed by atoms with Gasteiger partial charge in [-0.15, -0.1) is 0 Å². The molecular formula is C10H7FN2. The van der Waals surface area contributed by atoms with Gasteiger partial charge in [-0.1, -0.05) is 0 Å². The third kappa shape index (κ3) is 0.840. The lowest BCUT2D eigenvalue weighted by Gasteiger charge is -1.96. The van der Waals surface area contributed by atoms with Crippen molar-refractivity contribution in [3.05, 3.63) is 42.1 Å². The van der Waals surface area contributed by atoms with Gasteiger partial charge in [-0.2, -0.15) is 0 Å². The summed E-state index contributed by atoms with van der Waals surface area (Å²) < 4.78 is 14.9. The van der Waals surface area contributed by atoms with E-state index in [1.165, 1.54) is 6.07 Å². The van der Waals surface area contributed by atoms with Crippen molar-refractivity contribution in [2.45, 2.75) is 6.54 Å². The maximum atomic E-state index is 12.9. The van der Waals surface area contributed by atoms with Gasteiger partial charge < -0.3 is 4.57 Å². The Morgan fingerprint density at radius 1 is 1.38 bits per heavy atom. The standard InChI is InChI=1S/C10H7FN2/c11-8-1-2-9-7(3-8)5-13-6-12-4-10(9)13/h1-4,6H,5H2. The predicted octanol–water partition coefficient (Wildman–Crippen LogP) is 2.05. The van der Waals surface area contributed by atoms with Crippen LogP contribution < -0.4 is 0 Å². The van der Waals surface area contributed by atoms with Crippen molar-refractivity contribution in [1.82, 2.24) is 9.55 Å². The second-order valence-electron chi connectivity index (χ2n) is 3.21. The maximum Gasteiger partial charge on any atom is 0.123 e. The Bertz CT molecular complexity index is 474. The molecule has 0 spiro atoms. The molecule has 3 heteroatoms. The van der Waals surface area contributed by atoms with Crippen molar-refractivity contribution in [2.75, 3.05) is 0 Å². The van der Waals surface area contributed by atoms with E-state index in [2.05, 4.69) is 4.98 Å². The zero-order valence-corrected chi connectivity index (χ0v) is 6.87. The summed E-state index contributed by atoms with van der Waals surface area (Å²) in [4.78, 5) is 4.03. The Morgan fingerprint density at radius 3 is 3.23 bits per heavy atom. The van der Waals surface area contributed by atoms with Gasteiger partial charge in [0.2, 0.25) is 0 Å². The lowest BCUT2D eigenvalue weighted by Crippen LogP contribution is -1.89. The first-order valence-electron chi connectivity index (χ1n) is 4.13. The number of nitrogens with zero attached hydrogens (tertiary/aromatic N) is 2. The van der Waals surface area contributed by atoms with Crippen LogP contribution in [0.15, 0.2) is 30.7 Å². The van der Waals surface area contributed by atoms with Crippen LogP contribution in [0.1, 0.15) is 5.56 Å². The number of rotatable bonds is 0. The molecule has 2 heterocycles. The van der Waals surface area contributed by atoms with E-state index in [0.29, 0.717) is 0 Å². The molecule has 0 bridgehead atoms. The zero-order valence-electron chi connectivity index (χ0n) is 6.87. The van der Waals surface area contributed by atoms with Gasteiger partial charge in [0.15, 0.2) is 0 Å². The number of hydrogen-bond donors (Lipinski definition) is 0. The monoisotopic (exact) mass is 174 g/mol. The molecule has 1 aromatic carbocycles. The Balaban J connectivity index is 2.29.